The summed E-state index contributed by atoms with van der Waals surface area (Å²) < 4.78 is 41.4. The number of carbonyl (C=O) groups is 1. The van der Waals surface area contributed by atoms with Gasteiger partial charge in [-0.25, -0.2) is 14.8 Å². The Hall–Kier alpha value is -4.36. The van der Waals surface area contributed by atoms with Gasteiger partial charge in [-0.2, -0.15) is 23.0 Å². The third-order valence-corrected chi connectivity index (χ3v) is 7.34. The van der Waals surface area contributed by atoms with E-state index in [0.29, 0.717) is 35.4 Å². The minimum atomic E-state index is -4.65. The van der Waals surface area contributed by atoms with Crippen molar-refractivity contribution in [1.29, 1.82) is 0 Å². The van der Waals surface area contributed by atoms with Crippen LogP contribution < -0.4 is 21.3 Å². The fourth-order valence-electron chi connectivity index (χ4n) is 4.80. The van der Waals surface area contributed by atoms with Crippen LogP contribution in [0.3, 0.4) is 0 Å². The molecule has 226 valence electrons. The van der Waals surface area contributed by atoms with Crippen LogP contribution in [-0.4, -0.2) is 50.8 Å². The molecule has 2 aromatic heterocycles. The number of aromatic nitrogens is 4. The zero-order valence-corrected chi connectivity index (χ0v) is 24.4. The van der Waals surface area contributed by atoms with E-state index < -0.39 is 22.8 Å². The molecular formula is C29H31ClF3N9O. The van der Waals surface area contributed by atoms with E-state index in [4.69, 9.17) is 16.7 Å². The highest BCUT2D eigenvalue weighted by atomic mass is 35.5. The molecule has 1 aliphatic heterocycles. The minimum absolute atomic E-state index is 0.0457. The van der Waals surface area contributed by atoms with Crippen molar-refractivity contribution in [2.75, 3.05) is 41.4 Å². The molecule has 0 saturated carbocycles. The first kappa shape index (κ1) is 30.1. The van der Waals surface area contributed by atoms with Gasteiger partial charge in [0.2, 0.25) is 0 Å². The summed E-state index contributed by atoms with van der Waals surface area (Å²) in [5.41, 5.74) is 1.81. The van der Waals surface area contributed by atoms with E-state index in [1.165, 1.54) is 18.8 Å². The summed E-state index contributed by atoms with van der Waals surface area (Å²) in [7, 11) is 1.77. The van der Waals surface area contributed by atoms with Crippen LogP contribution >= 0.6 is 11.6 Å². The smallest absolute Gasteiger partial charge is 0.373 e. The maximum absolute atomic E-state index is 13.2. The number of anilines is 5. The number of urea groups is 1. The Morgan fingerprint density at radius 1 is 0.977 bits per heavy atom. The van der Waals surface area contributed by atoms with Crippen LogP contribution in [0.15, 0.2) is 54.9 Å². The lowest BCUT2D eigenvalue weighted by Crippen LogP contribution is -2.29. The number of hydrogen-bond donors (Lipinski definition) is 4. The second kappa shape index (κ2) is 12.9. The van der Waals surface area contributed by atoms with Crippen LogP contribution in [0, 0.1) is 6.92 Å². The molecule has 14 heteroatoms. The molecule has 3 heterocycles. The first-order chi connectivity index (χ1) is 20.6. The largest absolute Gasteiger partial charge is 0.417 e. The number of benzene rings is 2. The SMILES string of the molecule is CNc1cc(-n2nc(CN3CCCCC3)cc2Nc2cc(NC(=O)Nc3ccc(Cl)c(C(F)(F)F)c3)ccc2C)ncn1. The molecule has 43 heavy (non-hydrogen) atoms. The Morgan fingerprint density at radius 2 is 1.70 bits per heavy atom. The number of rotatable bonds is 8. The van der Waals surface area contributed by atoms with Gasteiger partial charge in [-0.1, -0.05) is 24.1 Å². The highest BCUT2D eigenvalue weighted by Crippen LogP contribution is 2.36. The van der Waals surface area contributed by atoms with Gasteiger partial charge in [-0.15, -0.1) is 0 Å². The molecule has 0 atom stereocenters. The molecular weight excluding hydrogens is 583 g/mol. The van der Waals surface area contributed by atoms with Crippen LogP contribution in [0.2, 0.25) is 5.02 Å². The summed E-state index contributed by atoms with van der Waals surface area (Å²) in [5, 5.41) is 15.9. The van der Waals surface area contributed by atoms with Gasteiger partial charge in [-0.05, 0) is 68.8 Å². The molecule has 0 bridgehead atoms. The number of nitrogens with zero attached hydrogens (tertiary/aromatic N) is 5. The molecule has 0 spiro atoms. The predicted octanol–water partition coefficient (Wildman–Crippen LogP) is 7.06. The van der Waals surface area contributed by atoms with E-state index in [1.807, 2.05) is 19.1 Å². The van der Waals surface area contributed by atoms with Gasteiger partial charge in [0.25, 0.3) is 0 Å². The molecule has 10 nitrogen and oxygen atoms in total. The lowest BCUT2D eigenvalue weighted by molar-refractivity contribution is -0.137. The number of piperidine rings is 1. The van der Waals surface area contributed by atoms with Crippen LogP contribution in [0.25, 0.3) is 5.82 Å². The van der Waals surface area contributed by atoms with Crippen molar-refractivity contribution >= 4 is 46.3 Å². The van der Waals surface area contributed by atoms with Gasteiger partial charge in [0.1, 0.15) is 18.0 Å². The zero-order valence-electron chi connectivity index (χ0n) is 23.6. The van der Waals surface area contributed by atoms with E-state index in [2.05, 4.69) is 36.1 Å². The second-order valence-electron chi connectivity index (χ2n) is 10.2. The van der Waals surface area contributed by atoms with Crippen LogP contribution in [-0.2, 0) is 12.7 Å². The Bertz CT molecular complexity index is 1600. The third kappa shape index (κ3) is 7.54. The summed E-state index contributed by atoms with van der Waals surface area (Å²) in [6, 6.07) is 11.5. The van der Waals surface area contributed by atoms with Crippen molar-refractivity contribution in [2.24, 2.45) is 0 Å². The molecule has 1 saturated heterocycles. The van der Waals surface area contributed by atoms with Crippen molar-refractivity contribution in [2.45, 2.75) is 38.9 Å². The van der Waals surface area contributed by atoms with Crippen molar-refractivity contribution < 1.29 is 18.0 Å². The van der Waals surface area contributed by atoms with Crippen molar-refractivity contribution in [1.82, 2.24) is 24.6 Å². The Balaban J connectivity index is 1.37. The van der Waals surface area contributed by atoms with Crippen LogP contribution in [0.1, 0.15) is 36.1 Å². The summed E-state index contributed by atoms with van der Waals surface area (Å²) in [5.74, 6) is 1.87. The van der Waals surface area contributed by atoms with Gasteiger partial charge in [-0.3, -0.25) is 4.90 Å². The lowest BCUT2D eigenvalue weighted by atomic mass is 10.1. The third-order valence-electron chi connectivity index (χ3n) is 7.01. The van der Waals surface area contributed by atoms with Gasteiger partial charge in [0.05, 0.1) is 16.3 Å². The number of alkyl halides is 3. The maximum atomic E-state index is 13.2. The molecule has 5 rings (SSSR count). The molecule has 0 unspecified atom stereocenters. The van der Waals surface area contributed by atoms with Crippen molar-refractivity contribution in [3.8, 4) is 5.82 Å². The predicted molar refractivity (Wildman–Crippen MR) is 161 cm³/mol. The highest BCUT2D eigenvalue weighted by Gasteiger charge is 2.33. The number of likely N-dealkylation sites (tertiary alicyclic amines) is 1. The molecule has 0 aliphatic carbocycles. The van der Waals surface area contributed by atoms with Crippen LogP contribution in [0.4, 0.5) is 46.7 Å². The first-order valence-corrected chi connectivity index (χ1v) is 14.1. The number of carbonyl (C=O) groups excluding carboxylic acids is 1. The standard InChI is InChI=1S/C29H31ClF3N9O/c1-18-6-7-20(38-28(43)37-19-8-9-23(30)22(12-19)29(31,32)33)13-24(18)39-27-14-21(16-41-10-4-3-5-11-41)40-42(27)26-15-25(34-2)35-17-36-26/h6-9,12-15,17,39H,3-5,10-11,16H2,1-2H3,(H,34,35,36)(H2,37,38,43). The summed E-state index contributed by atoms with van der Waals surface area (Å²) >= 11 is 5.69. The Labute approximate surface area is 251 Å². The number of aryl methyl sites for hydroxylation is 1. The average molecular weight is 614 g/mol. The van der Waals surface area contributed by atoms with Crippen molar-refractivity contribution in [3.05, 3.63) is 76.7 Å². The molecule has 2 amide bonds. The van der Waals surface area contributed by atoms with Crippen molar-refractivity contribution in [3.63, 3.8) is 0 Å². The normalized spacial score (nSPS) is 13.9. The molecule has 2 aromatic carbocycles. The number of nitrogens with one attached hydrogen (secondary N) is 4. The molecule has 4 N–H and O–H groups in total. The van der Waals surface area contributed by atoms with E-state index in [9.17, 15) is 18.0 Å². The molecule has 4 aromatic rings. The number of amides is 2. The number of halogens is 4. The first-order valence-electron chi connectivity index (χ1n) is 13.7. The average Bonchev–Trinajstić information content (AvgIpc) is 3.37. The van der Waals surface area contributed by atoms with E-state index in [1.54, 1.807) is 29.9 Å². The summed E-state index contributed by atoms with van der Waals surface area (Å²) in [4.78, 5) is 23.7. The fourth-order valence-corrected chi connectivity index (χ4v) is 5.03. The second-order valence-corrected chi connectivity index (χ2v) is 10.6. The van der Waals surface area contributed by atoms with Gasteiger partial charge < -0.3 is 21.3 Å². The maximum Gasteiger partial charge on any atom is 0.417 e. The summed E-state index contributed by atoms with van der Waals surface area (Å²) in [6.07, 6.45) is 0.378. The quantitative estimate of drug-likeness (QED) is 0.168. The molecule has 1 aliphatic rings. The topological polar surface area (TPSA) is 112 Å². The van der Waals surface area contributed by atoms with Gasteiger partial charge in [0, 0.05) is 42.8 Å². The Kier molecular flexibility index (Phi) is 9.02. The lowest BCUT2D eigenvalue weighted by Gasteiger charge is -2.25. The van der Waals surface area contributed by atoms with E-state index in [-0.39, 0.29) is 5.69 Å². The van der Waals surface area contributed by atoms with Gasteiger partial charge in [0.15, 0.2) is 5.82 Å². The molecule has 0 radical (unpaired) electrons. The Morgan fingerprint density at radius 3 is 2.42 bits per heavy atom. The minimum Gasteiger partial charge on any atom is -0.373 e. The fraction of sp³-hybridized carbons (Fsp3) is 0.310. The van der Waals surface area contributed by atoms with Crippen LogP contribution in [0.5, 0.6) is 0 Å². The summed E-state index contributed by atoms with van der Waals surface area (Å²) in [6.45, 7) is 4.66. The monoisotopic (exact) mass is 613 g/mol. The highest BCUT2D eigenvalue weighted by molar-refractivity contribution is 6.31. The zero-order chi connectivity index (χ0) is 30.6. The van der Waals surface area contributed by atoms with E-state index in [0.717, 1.165) is 49.3 Å². The van der Waals surface area contributed by atoms with E-state index >= 15 is 0 Å². The number of hydrogen-bond acceptors (Lipinski definition) is 7. The molecule has 1 fully saturated rings. The van der Waals surface area contributed by atoms with Gasteiger partial charge >= 0.3 is 12.2 Å².